The molecule has 1 unspecified atom stereocenters. The highest BCUT2D eigenvalue weighted by atomic mass is 16.5. The Morgan fingerprint density at radius 3 is 2.17 bits per heavy atom. The van der Waals surface area contributed by atoms with Crippen molar-refractivity contribution in [1.29, 1.82) is 0 Å². The topological polar surface area (TPSA) is 9.23 Å². The van der Waals surface area contributed by atoms with Crippen molar-refractivity contribution in [1.82, 2.24) is 0 Å². The van der Waals surface area contributed by atoms with Crippen LogP contribution >= 0.6 is 0 Å². The van der Waals surface area contributed by atoms with Gasteiger partial charge in [-0.25, -0.2) is 0 Å². The van der Waals surface area contributed by atoms with Crippen LogP contribution < -0.4 is 0 Å². The van der Waals surface area contributed by atoms with Gasteiger partial charge < -0.3 is 4.74 Å². The van der Waals surface area contributed by atoms with E-state index in [0.717, 1.165) is 13.0 Å². The summed E-state index contributed by atoms with van der Waals surface area (Å²) in [7, 11) is 0. The minimum absolute atomic E-state index is 0.168. The van der Waals surface area contributed by atoms with Crippen molar-refractivity contribution in [2.45, 2.75) is 65.4 Å². The summed E-state index contributed by atoms with van der Waals surface area (Å²) in [6, 6.07) is 14.0. The van der Waals surface area contributed by atoms with Crippen LogP contribution in [-0.2, 0) is 16.6 Å². The summed E-state index contributed by atoms with van der Waals surface area (Å²) >= 11 is 0. The molecule has 0 heterocycles. The Hall–Kier alpha value is -1.60. The second-order valence-corrected chi connectivity index (χ2v) is 8.26. The standard InChI is InChI=1S/C23H30O/c1-7-16-8-10-18-19-11-9-17(23(4,5)6)13-21(19)22(20(18)12-16)14-24-15(2)3/h8-13,15,22H,7,14H2,1-6H3. The zero-order chi connectivity index (χ0) is 17.5. The Morgan fingerprint density at radius 1 is 0.958 bits per heavy atom. The van der Waals surface area contributed by atoms with Gasteiger partial charge in [-0.05, 0) is 59.1 Å². The average molecular weight is 322 g/mol. The first-order valence-electron chi connectivity index (χ1n) is 9.20. The molecular formula is C23H30O. The maximum absolute atomic E-state index is 6.04. The minimum atomic E-state index is 0.168. The van der Waals surface area contributed by atoms with Gasteiger partial charge in [0.25, 0.3) is 0 Å². The summed E-state index contributed by atoms with van der Waals surface area (Å²) < 4.78 is 6.04. The number of ether oxygens (including phenoxy) is 1. The lowest BCUT2D eigenvalue weighted by Crippen LogP contribution is -2.14. The van der Waals surface area contributed by atoms with E-state index in [9.17, 15) is 0 Å². The fourth-order valence-electron chi connectivity index (χ4n) is 3.56. The van der Waals surface area contributed by atoms with Gasteiger partial charge in [-0.2, -0.15) is 0 Å². The lowest BCUT2D eigenvalue weighted by Gasteiger charge is -2.22. The van der Waals surface area contributed by atoms with E-state index in [-0.39, 0.29) is 11.5 Å². The predicted molar refractivity (Wildman–Crippen MR) is 103 cm³/mol. The van der Waals surface area contributed by atoms with Crippen LogP contribution in [0.15, 0.2) is 36.4 Å². The van der Waals surface area contributed by atoms with E-state index in [1.165, 1.54) is 33.4 Å². The summed E-state index contributed by atoms with van der Waals surface area (Å²) in [6.45, 7) is 14.1. The van der Waals surface area contributed by atoms with Crippen LogP contribution in [0.1, 0.15) is 69.7 Å². The molecule has 2 aromatic rings. The van der Waals surface area contributed by atoms with Crippen LogP contribution in [0, 0.1) is 0 Å². The molecule has 2 aromatic carbocycles. The number of hydrogen-bond donors (Lipinski definition) is 0. The van der Waals surface area contributed by atoms with Gasteiger partial charge in [0.2, 0.25) is 0 Å². The van der Waals surface area contributed by atoms with Crippen molar-refractivity contribution in [2.75, 3.05) is 6.61 Å². The Morgan fingerprint density at radius 2 is 1.58 bits per heavy atom. The van der Waals surface area contributed by atoms with Gasteiger partial charge >= 0.3 is 0 Å². The van der Waals surface area contributed by atoms with E-state index in [2.05, 4.69) is 77.9 Å². The lowest BCUT2D eigenvalue weighted by atomic mass is 9.84. The van der Waals surface area contributed by atoms with Gasteiger partial charge in [-0.1, -0.05) is 64.1 Å². The lowest BCUT2D eigenvalue weighted by molar-refractivity contribution is 0.0739. The van der Waals surface area contributed by atoms with Gasteiger partial charge in [0.15, 0.2) is 0 Å². The maximum Gasteiger partial charge on any atom is 0.0579 e. The van der Waals surface area contributed by atoms with Crippen molar-refractivity contribution in [3.05, 3.63) is 58.7 Å². The molecular weight excluding hydrogens is 292 g/mol. The summed E-state index contributed by atoms with van der Waals surface area (Å²) in [5, 5.41) is 0. The number of rotatable bonds is 4. The minimum Gasteiger partial charge on any atom is -0.378 e. The molecule has 1 aliphatic carbocycles. The molecule has 0 bridgehead atoms. The van der Waals surface area contributed by atoms with Crippen molar-refractivity contribution in [2.24, 2.45) is 0 Å². The van der Waals surface area contributed by atoms with Gasteiger partial charge in [0.1, 0.15) is 0 Å². The highest BCUT2D eigenvalue weighted by molar-refractivity contribution is 5.79. The monoisotopic (exact) mass is 322 g/mol. The van der Waals surface area contributed by atoms with E-state index >= 15 is 0 Å². The van der Waals surface area contributed by atoms with Gasteiger partial charge in [-0.3, -0.25) is 0 Å². The normalized spacial score (nSPS) is 16.4. The smallest absolute Gasteiger partial charge is 0.0579 e. The first-order valence-corrected chi connectivity index (χ1v) is 9.20. The van der Waals surface area contributed by atoms with Crippen LogP contribution in [0.4, 0.5) is 0 Å². The summed E-state index contributed by atoms with van der Waals surface area (Å²) in [4.78, 5) is 0. The van der Waals surface area contributed by atoms with E-state index in [1.54, 1.807) is 0 Å². The second kappa shape index (κ2) is 6.37. The third-order valence-corrected chi connectivity index (χ3v) is 5.08. The van der Waals surface area contributed by atoms with Crippen LogP contribution in [0.2, 0.25) is 0 Å². The quantitative estimate of drug-likeness (QED) is 0.662. The average Bonchev–Trinajstić information content (AvgIpc) is 2.84. The van der Waals surface area contributed by atoms with Crippen LogP contribution in [0.25, 0.3) is 11.1 Å². The molecule has 0 saturated carbocycles. The van der Waals surface area contributed by atoms with Crippen molar-refractivity contribution < 1.29 is 4.74 Å². The van der Waals surface area contributed by atoms with E-state index in [4.69, 9.17) is 4.74 Å². The number of hydrogen-bond acceptors (Lipinski definition) is 1. The molecule has 3 rings (SSSR count). The molecule has 0 radical (unpaired) electrons. The Bertz CT molecular complexity index is 734. The van der Waals surface area contributed by atoms with Crippen LogP contribution in [0.3, 0.4) is 0 Å². The fraction of sp³-hybridized carbons (Fsp3) is 0.478. The number of fused-ring (bicyclic) bond motifs is 3. The summed E-state index contributed by atoms with van der Waals surface area (Å²) in [5.74, 6) is 0.353. The third-order valence-electron chi connectivity index (χ3n) is 5.08. The van der Waals surface area contributed by atoms with Gasteiger partial charge in [0, 0.05) is 5.92 Å². The molecule has 0 aromatic heterocycles. The Kier molecular flexibility index (Phi) is 4.57. The molecule has 0 fully saturated rings. The molecule has 1 heteroatoms. The third kappa shape index (κ3) is 3.15. The fourth-order valence-corrected chi connectivity index (χ4v) is 3.56. The maximum atomic E-state index is 6.04. The first-order chi connectivity index (χ1) is 11.3. The predicted octanol–water partition coefficient (Wildman–Crippen LogP) is 6.08. The van der Waals surface area contributed by atoms with E-state index in [1.807, 2.05) is 0 Å². The number of benzene rings is 2. The molecule has 0 aliphatic heterocycles. The number of aryl methyl sites for hydroxylation is 1. The SMILES string of the molecule is CCc1ccc2c(c1)C(COC(C)C)c1cc(C(C)(C)C)ccc1-2. The van der Waals surface area contributed by atoms with Crippen LogP contribution in [-0.4, -0.2) is 12.7 Å². The Balaban J connectivity index is 2.10. The largest absolute Gasteiger partial charge is 0.378 e. The highest BCUT2D eigenvalue weighted by Crippen LogP contribution is 2.46. The van der Waals surface area contributed by atoms with Gasteiger partial charge in [0.05, 0.1) is 12.7 Å². The molecule has 0 saturated heterocycles. The van der Waals surface area contributed by atoms with Crippen molar-refractivity contribution >= 4 is 0 Å². The van der Waals surface area contributed by atoms with Crippen molar-refractivity contribution in [3.8, 4) is 11.1 Å². The molecule has 0 amide bonds. The Labute approximate surface area is 147 Å². The molecule has 24 heavy (non-hydrogen) atoms. The molecule has 1 nitrogen and oxygen atoms in total. The molecule has 128 valence electrons. The van der Waals surface area contributed by atoms with Crippen molar-refractivity contribution in [3.63, 3.8) is 0 Å². The highest BCUT2D eigenvalue weighted by Gasteiger charge is 2.30. The molecule has 0 spiro atoms. The summed E-state index contributed by atoms with van der Waals surface area (Å²) in [6.07, 6.45) is 1.34. The molecule has 1 atom stereocenters. The molecule has 1 aliphatic rings. The first kappa shape index (κ1) is 17.2. The summed E-state index contributed by atoms with van der Waals surface area (Å²) in [5.41, 5.74) is 8.63. The zero-order valence-corrected chi connectivity index (χ0v) is 15.9. The second-order valence-electron chi connectivity index (χ2n) is 8.26. The molecule has 0 N–H and O–H groups in total. The zero-order valence-electron chi connectivity index (χ0n) is 15.9. The van der Waals surface area contributed by atoms with Crippen LogP contribution in [0.5, 0.6) is 0 Å². The van der Waals surface area contributed by atoms with E-state index < -0.39 is 0 Å². The van der Waals surface area contributed by atoms with Gasteiger partial charge in [-0.15, -0.1) is 0 Å². The van der Waals surface area contributed by atoms with E-state index in [0.29, 0.717) is 5.92 Å².